The van der Waals surface area contributed by atoms with Gasteiger partial charge in [0.2, 0.25) is 0 Å². The molecule has 0 amide bonds. The zero-order valence-electron chi connectivity index (χ0n) is 11.4. The Kier molecular flexibility index (Phi) is 6.25. The molecule has 0 saturated heterocycles. The van der Waals surface area contributed by atoms with Gasteiger partial charge in [0, 0.05) is 0 Å². The molecule has 96 valence electrons. The molecule has 1 aliphatic carbocycles. The quantitative estimate of drug-likeness (QED) is 0.562. The molecule has 1 heteroatoms. The molecule has 1 aliphatic rings. The van der Waals surface area contributed by atoms with Crippen molar-refractivity contribution < 1.29 is 4.39 Å². The van der Waals surface area contributed by atoms with Gasteiger partial charge in [0.25, 0.3) is 0 Å². The number of hydrogen-bond acceptors (Lipinski definition) is 0. The van der Waals surface area contributed by atoms with E-state index in [1.165, 1.54) is 37.7 Å². The lowest BCUT2D eigenvalue weighted by molar-refractivity contribution is 0.499. The standard InChI is InChI=1S/C14H19F.C2H6/c1-11-3-2-4-12(6-5-11)13-7-9-14(15)10-8-13;1-2/h7-12H,2-6H2,1H3;1-2H3. The molecule has 2 rings (SSSR count). The van der Waals surface area contributed by atoms with Crippen LogP contribution in [0, 0.1) is 11.7 Å². The molecule has 1 saturated carbocycles. The van der Waals surface area contributed by atoms with Crippen LogP contribution in [0.1, 0.15) is 64.4 Å². The molecule has 2 unspecified atom stereocenters. The minimum Gasteiger partial charge on any atom is -0.207 e. The SMILES string of the molecule is CC.CC1CCCC(c2ccc(F)cc2)CC1. The Hall–Kier alpha value is -0.850. The molecule has 17 heavy (non-hydrogen) atoms. The molecule has 0 aliphatic heterocycles. The molecule has 0 aromatic heterocycles. The van der Waals surface area contributed by atoms with Crippen LogP contribution in [-0.2, 0) is 0 Å². The summed E-state index contributed by atoms with van der Waals surface area (Å²) in [5, 5.41) is 0. The number of halogens is 1. The molecule has 0 N–H and O–H groups in total. The summed E-state index contributed by atoms with van der Waals surface area (Å²) in [6.45, 7) is 6.34. The first kappa shape index (κ1) is 14.2. The van der Waals surface area contributed by atoms with E-state index in [4.69, 9.17) is 0 Å². The Balaban J connectivity index is 0.000000686. The van der Waals surface area contributed by atoms with Gasteiger partial charge >= 0.3 is 0 Å². The number of benzene rings is 1. The predicted molar refractivity (Wildman–Crippen MR) is 72.7 cm³/mol. The largest absolute Gasteiger partial charge is 0.207 e. The van der Waals surface area contributed by atoms with Crippen LogP contribution >= 0.6 is 0 Å². The van der Waals surface area contributed by atoms with Gasteiger partial charge in [-0.2, -0.15) is 0 Å². The molecular weight excluding hydrogens is 211 g/mol. The number of rotatable bonds is 1. The van der Waals surface area contributed by atoms with Crippen LogP contribution in [0.2, 0.25) is 0 Å². The van der Waals surface area contributed by atoms with E-state index in [2.05, 4.69) is 6.92 Å². The maximum absolute atomic E-state index is 12.8. The molecule has 2 atom stereocenters. The molecule has 0 spiro atoms. The molecule has 1 aromatic carbocycles. The van der Waals surface area contributed by atoms with Gasteiger partial charge in [-0.3, -0.25) is 0 Å². The average Bonchev–Trinajstić information content (AvgIpc) is 2.58. The summed E-state index contributed by atoms with van der Waals surface area (Å²) in [4.78, 5) is 0. The van der Waals surface area contributed by atoms with E-state index in [1.54, 1.807) is 12.1 Å². The monoisotopic (exact) mass is 236 g/mol. The Labute approximate surface area is 105 Å². The van der Waals surface area contributed by atoms with Gasteiger partial charge in [0.15, 0.2) is 0 Å². The van der Waals surface area contributed by atoms with E-state index in [0.717, 1.165) is 5.92 Å². The summed E-state index contributed by atoms with van der Waals surface area (Å²) in [5.41, 5.74) is 1.32. The zero-order chi connectivity index (χ0) is 12.7. The fourth-order valence-corrected chi connectivity index (χ4v) is 2.56. The first-order valence-electron chi connectivity index (χ1n) is 7.01. The van der Waals surface area contributed by atoms with Crippen molar-refractivity contribution >= 4 is 0 Å². The second kappa shape index (κ2) is 7.47. The molecular formula is C16H25F. The Morgan fingerprint density at radius 2 is 1.59 bits per heavy atom. The van der Waals surface area contributed by atoms with E-state index in [-0.39, 0.29) is 5.82 Å². The third-order valence-electron chi connectivity index (χ3n) is 3.60. The first-order chi connectivity index (χ1) is 8.25. The zero-order valence-corrected chi connectivity index (χ0v) is 11.4. The van der Waals surface area contributed by atoms with Gasteiger partial charge in [0.05, 0.1) is 0 Å². The second-order valence-corrected chi connectivity index (χ2v) is 4.86. The van der Waals surface area contributed by atoms with Gasteiger partial charge in [-0.05, 0) is 42.4 Å². The molecule has 1 fully saturated rings. The molecule has 1 aromatic rings. The smallest absolute Gasteiger partial charge is 0.123 e. The van der Waals surface area contributed by atoms with E-state index in [0.29, 0.717) is 5.92 Å². The van der Waals surface area contributed by atoms with Crippen molar-refractivity contribution in [3.63, 3.8) is 0 Å². The van der Waals surface area contributed by atoms with E-state index < -0.39 is 0 Å². The summed E-state index contributed by atoms with van der Waals surface area (Å²) >= 11 is 0. The van der Waals surface area contributed by atoms with Gasteiger partial charge in [0.1, 0.15) is 5.82 Å². The molecule has 0 radical (unpaired) electrons. The lowest BCUT2D eigenvalue weighted by Crippen LogP contribution is -1.97. The second-order valence-electron chi connectivity index (χ2n) is 4.86. The molecule has 0 nitrogen and oxygen atoms in total. The van der Waals surface area contributed by atoms with Crippen LogP contribution in [0.3, 0.4) is 0 Å². The van der Waals surface area contributed by atoms with E-state index in [1.807, 2.05) is 26.0 Å². The average molecular weight is 236 g/mol. The summed E-state index contributed by atoms with van der Waals surface area (Å²) in [5.74, 6) is 1.41. The fourth-order valence-electron chi connectivity index (χ4n) is 2.56. The van der Waals surface area contributed by atoms with E-state index >= 15 is 0 Å². The van der Waals surface area contributed by atoms with Crippen molar-refractivity contribution in [2.45, 2.75) is 58.8 Å². The topological polar surface area (TPSA) is 0 Å². The highest BCUT2D eigenvalue weighted by atomic mass is 19.1. The van der Waals surface area contributed by atoms with Crippen LogP contribution < -0.4 is 0 Å². The Morgan fingerprint density at radius 3 is 2.24 bits per heavy atom. The highest BCUT2D eigenvalue weighted by Crippen LogP contribution is 2.33. The molecule has 0 heterocycles. The normalized spacial score (nSPS) is 24.5. The van der Waals surface area contributed by atoms with Gasteiger partial charge < -0.3 is 0 Å². The third-order valence-corrected chi connectivity index (χ3v) is 3.60. The van der Waals surface area contributed by atoms with Crippen LogP contribution in [0.4, 0.5) is 4.39 Å². The van der Waals surface area contributed by atoms with Crippen molar-refractivity contribution in [3.05, 3.63) is 35.6 Å². The first-order valence-corrected chi connectivity index (χ1v) is 7.01. The van der Waals surface area contributed by atoms with Crippen LogP contribution in [-0.4, -0.2) is 0 Å². The minimum atomic E-state index is -0.124. The van der Waals surface area contributed by atoms with Crippen molar-refractivity contribution in [3.8, 4) is 0 Å². The van der Waals surface area contributed by atoms with Crippen molar-refractivity contribution in [1.82, 2.24) is 0 Å². The van der Waals surface area contributed by atoms with Gasteiger partial charge in [-0.25, -0.2) is 4.39 Å². The maximum Gasteiger partial charge on any atom is 0.123 e. The molecule has 0 bridgehead atoms. The summed E-state index contributed by atoms with van der Waals surface area (Å²) in [7, 11) is 0. The predicted octanol–water partition coefficient (Wildman–Crippen LogP) is 5.54. The van der Waals surface area contributed by atoms with Gasteiger partial charge in [-0.15, -0.1) is 0 Å². The minimum absolute atomic E-state index is 0.124. The highest BCUT2D eigenvalue weighted by Gasteiger charge is 2.17. The van der Waals surface area contributed by atoms with Crippen LogP contribution in [0.5, 0.6) is 0 Å². The maximum atomic E-state index is 12.8. The highest BCUT2D eigenvalue weighted by molar-refractivity contribution is 5.20. The van der Waals surface area contributed by atoms with E-state index in [9.17, 15) is 4.39 Å². The van der Waals surface area contributed by atoms with Crippen LogP contribution in [0.25, 0.3) is 0 Å². The Bertz CT molecular complexity index is 302. The lowest BCUT2D eigenvalue weighted by Gasteiger charge is -2.14. The summed E-state index contributed by atoms with van der Waals surface area (Å²) < 4.78 is 12.8. The van der Waals surface area contributed by atoms with Gasteiger partial charge in [-0.1, -0.05) is 52.2 Å². The third kappa shape index (κ3) is 4.49. The lowest BCUT2D eigenvalue weighted by atomic mass is 9.91. The van der Waals surface area contributed by atoms with Crippen molar-refractivity contribution in [2.24, 2.45) is 5.92 Å². The number of hydrogen-bond donors (Lipinski definition) is 0. The Morgan fingerprint density at radius 1 is 0.941 bits per heavy atom. The fraction of sp³-hybridized carbons (Fsp3) is 0.625. The summed E-state index contributed by atoms with van der Waals surface area (Å²) in [6, 6.07) is 7.08. The van der Waals surface area contributed by atoms with Crippen molar-refractivity contribution in [2.75, 3.05) is 0 Å². The summed E-state index contributed by atoms with van der Waals surface area (Å²) in [6.07, 6.45) is 6.55. The van der Waals surface area contributed by atoms with Crippen LogP contribution in [0.15, 0.2) is 24.3 Å². The van der Waals surface area contributed by atoms with Crippen molar-refractivity contribution in [1.29, 1.82) is 0 Å².